The summed E-state index contributed by atoms with van der Waals surface area (Å²) in [6.07, 6.45) is 2.93. The third kappa shape index (κ3) is 6.64. The highest BCUT2D eigenvalue weighted by Gasteiger charge is 2.20. The molecule has 1 rings (SSSR count). The summed E-state index contributed by atoms with van der Waals surface area (Å²) < 4.78 is 33.1. The fourth-order valence-corrected chi connectivity index (χ4v) is 3.68. The molecule has 142 valence electrons. The van der Waals surface area contributed by atoms with Crippen molar-refractivity contribution in [3.05, 3.63) is 23.8 Å². The second-order valence-electron chi connectivity index (χ2n) is 5.80. The zero-order valence-corrected chi connectivity index (χ0v) is 16.0. The first-order valence-corrected chi connectivity index (χ1v) is 10.0. The van der Waals surface area contributed by atoms with E-state index < -0.39 is 10.0 Å². The van der Waals surface area contributed by atoms with Crippen molar-refractivity contribution in [2.45, 2.75) is 57.0 Å². The van der Waals surface area contributed by atoms with Crippen LogP contribution >= 0.6 is 0 Å². The maximum atomic E-state index is 12.6. The zero-order chi connectivity index (χ0) is 18.9. The Hall–Kier alpha value is -1.64. The van der Waals surface area contributed by atoms with Crippen molar-refractivity contribution >= 4 is 15.9 Å². The van der Waals surface area contributed by atoms with E-state index in [0.29, 0.717) is 24.2 Å². The number of unbranched alkanes of at least 4 members (excludes halogenated alkanes) is 1. The van der Waals surface area contributed by atoms with E-state index in [2.05, 4.69) is 10.0 Å². The van der Waals surface area contributed by atoms with Gasteiger partial charge in [0, 0.05) is 31.1 Å². The molecule has 25 heavy (non-hydrogen) atoms. The highest BCUT2D eigenvalue weighted by molar-refractivity contribution is 7.89. The number of rotatable bonds is 11. The Kier molecular flexibility index (Phi) is 8.88. The number of nitrogens with one attached hydrogen (secondary N) is 2. The lowest BCUT2D eigenvalue weighted by atomic mass is 10.1. The van der Waals surface area contributed by atoms with Crippen LogP contribution in [0.5, 0.6) is 5.75 Å². The summed E-state index contributed by atoms with van der Waals surface area (Å²) in [5.41, 5.74) is 6.28. The smallest absolute Gasteiger partial charge is 0.240 e. The number of hydrogen-bond acceptors (Lipinski definition) is 5. The molecule has 0 aliphatic rings. The van der Waals surface area contributed by atoms with Gasteiger partial charge in [0.25, 0.3) is 0 Å². The highest BCUT2D eigenvalue weighted by Crippen LogP contribution is 2.23. The third-order valence-corrected chi connectivity index (χ3v) is 5.39. The van der Waals surface area contributed by atoms with Crippen LogP contribution in [0.2, 0.25) is 0 Å². The number of benzene rings is 1. The quantitative estimate of drug-likeness (QED) is 0.546. The minimum atomic E-state index is -3.69. The normalized spacial score (nSPS) is 12.6. The van der Waals surface area contributed by atoms with Crippen LogP contribution in [0.3, 0.4) is 0 Å². The van der Waals surface area contributed by atoms with Crippen molar-refractivity contribution in [1.82, 2.24) is 10.0 Å². The van der Waals surface area contributed by atoms with Crippen molar-refractivity contribution < 1.29 is 17.9 Å². The first-order valence-electron chi connectivity index (χ1n) is 8.53. The fourth-order valence-electron chi connectivity index (χ4n) is 2.34. The number of methoxy groups -OCH3 is 1. The summed E-state index contributed by atoms with van der Waals surface area (Å²) in [4.78, 5) is 11.6. The van der Waals surface area contributed by atoms with Crippen LogP contribution in [-0.4, -0.2) is 34.0 Å². The molecule has 4 N–H and O–H groups in total. The fraction of sp³-hybridized carbons (Fsp3) is 0.588. The predicted octanol–water partition coefficient (Wildman–Crippen LogP) is 1.52. The number of hydrogen-bond donors (Lipinski definition) is 3. The van der Waals surface area contributed by atoms with Gasteiger partial charge in [-0.1, -0.05) is 26.7 Å². The predicted molar refractivity (Wildman–Crippen MR) is 97.8 cm³/mol. The van der Waals surface area contributed by atoms with Crippen molar-refractivity contribution in [2.24, 2.45) is 5.73 Å². The zero-order valence-electron chi connectivity index (χ0n) is 15.2. The lowest BCUT2D eigenvalue weighted by molar-refractivity contribution is -0.120. The average Bonchev–Trinajstić information content (AvgIpc) is 2.62. The van der Waals surface area contributed by atoms with E-state index in [1.54, 1.807) is 13.0 Å². The number of sulfonamides is 1. The van der Waals surface area contributed by atoms with Gasteiger partial charge >= 0.3 is 0 Å². The molecule has 8 heteroatoms. The van der Waals surface area contributed by atoms with Crippen molar-refractivity contribution in [3.63, 3.8) is 0 Å². The van der Waals surface area contributed by atoms with Gasteiger partial charge in [-0.25, -0.2) is 13.1 Å². The maximum Gasteiger partial charge on any atom is 0.240 e. The number of carbonyl (C=O) groups excluding carboxylic acids is 1. The first-order chi connectivity index (χ1) is 11.9. The van der Waals surface area contributed by atoms with Crippen LogP contribution < -0.4 is 20.5 Å². The molecular formula is C17H29N3O4S. The van der Waals surface area contributed by atoms with Crippen LogP contribution in [0, 0.1) is 0 Å². The van der Waals surface area contributed by atoms with Gasteiger partial charge in [0.05, 0.1) is 12.0 Å². The maximum absolute atomic E-state index is 12.6. The van der Waals surface area contributed by atoms with E-state index in [-0.39, 0.29) is 29.9 Å². The van der Waals surface area contributed by atoms with Gasteiger partial charge in [-0.05, 0) is 24.6 Å². The minimum absolute atomic E-state index is 0.115. The minimum Gasteiger partial charge on any atom is -0.496 e. The summed E-state index contributed by atoms with van der Waals surface area (Å²) in [5, 5.41) is 2.73. The molecule has 0 aliphatic carbocycles. The molecule has 0 fully saturated rings. The van der Waals surface area contributed by atoms with Gasteiger partial charge in [-0.2, -0.15) is 0 Å². The average molecular weight is 372 g/mol. The van der Waals surface area contributed by atoms with Crippen LogP contribution in [0.25, 0.3) is 0 Å². The SMILES string of the molecule is CCCCC(CN)NS(=O)(=O)c1ccc(OC)c(CNC(=O)CC)c1. The second-order valence-corrected chi connectivity index (χ2v) is 7.51. The van der Waals surface area contributed by atoms with Gasteiger partial charge in [0.1, 0.15) is 5.75 Å². The Bertz CT molecular complexity index is 662. The van der Waals surface area contributed by atoms with Gasteiger partial charge in [-0.3, -0.25) is 4.79 Å². The molecule has 0 bridgehead atoms. The van der Waals surface area contributed by atoms with Crippen LogP contribution in [0.1, 0.15) is 45.1 Å². The number of carbonyl (C=O) groups is 1. The summed E-state index contributed by atoms with van der Waals surface area (Å²) in [5.74, 6) is 0.410. The Labute approximate surface area is 150 Å². The van der Waals surface area contributed by atoms with E-state index in [0.717, 1.165) is 12.8 Å². The van der Waals surface area contributed by atoms with E-state index in [1.807, 2.05) is 6.92 Å². The van der Waals surface area contributed by atoms with Crippen molar-refractivity contribution in [1.29, 1.82) is 0 Å². The van der Waals surface area contributed by atoms with Crippen molar-refractivity contribution in [2.75, 3.05) is 13.7 Å². The first kappa shape index (κ1) is 21.4. The summed E-state index contributed by atoms with van der Waals surface area (Å²) in [6.45, 7) is 4.24. The van der Waals surface area contributed by atoms with Crippen LogP contribution in [0.4, 0.5) is 0 Å². The number of ether oxygens (including phenoxy) is 1. The molecule has 1 atom stereocenters. The molecule has 0 saturated heterocycles. The third-order valence-electron chi connectivity index (χ3n) is 3.87. The number of nitrogens with two attached hydrogens (primary N) is 1. The molecule has 1 aromatic rings. The molecule has 0 saturated carbocycles. The van der Waals surface area contributed by atoms with Gasteiger partial charge in [0.2, 0.25) is 15.9 Å². The molecule has 1 unspecified atom stereocenters. The molecule has 1 aromatic carbocycles. The van der Waals surface area contributed by atoms with Crippen LogP contribution in [-0.2, 0) is 21.4 Å². The summed E-state index contributed by atoms with van der Waals surface area (Å²) in [6, 6.07) is 4.30. The molecule has 0 heterocycles. The number of amides is 1. The molecule has 0 aromatic heterocycles. The van der Waals surface area contributed by atoms with Gasteiger partial charge < -0.3 is 15.8 Å². The Morgan fingerprint density at radius 2 is 2.04 bits per heavy atom. The molecular weight excluding hydrogens is 342 g/mol. The van der Waals surface area contributed by atoms with E-state index >= 15 is 0 Å². The second kappa shape index (κ2) is 10.4. The highest BCUT2D eigenvalue weighted by atomic mass is 32.2. The van der Waals surface area contributed by atoms with Crippen molar-refractivity contribution in [3.8, 4) is 5.75 Å². The summed E-state index contributed by atoms with van der Waals surface area (Å²) in [7, 11) is -2.19. The molecule has 0 aliphatic heterocycles. The lowest BCUT2D eigenvalue weighted by Crippen LogP contribution is -2.40. The monoisotopic (exact) mass is 371 g/mol. The van der Waals surface area contributed by atoms with Gasteiger partial charge in [-0.15, -0.1) is 0 Å². The molecule has 7 nitrogen and oxygen atoms in total. The van der Waals surface area contributed by atoms with E-state index in [4.69, 9.17) is 10.5 Å². The Balaban J connectivity index is 3.00. The largest absolute Gasteiger partial charge is 0.496 e. The molecule has 0 radical (unpaired) electrons. The Morgan fingerprint density at radius 3 is 2.60 bits per heavy atom. The topological polar surface area (TPSA) is 111 Å². The summed E-state index contributed by atoms with van der Waals surface area (Å²) >= 11 is 0. The van der Waals surface area contributed by atoms with E-state index in [1.165, 1.54) is 19.2 Å². The van der Waals surface area contributed by atoms with Crippen LogP contribution in [0.15, 0.2) is 23.1 Å². The molecule has 0 spiro atoms. The lowest BCUT2D eigenvalue weighted by Gasteiger charge is -2.18. The standard InChI is InChI=1S/C17H29N3O4S/c1-4-6-7-14(11-18)20-25(22,23)15-8-9-16(24-3)13(10-15)12-19-17(21)5-2/h8-10,14,20H,4-7,11-12,18H2,1-3H3,(H,19,21). The van der Waals surface area contributed by atoms with Gasteiger partial charge in [0.15, 0.2) is 0 Å². The Morgan fingerprint density at radius 1 is 1.32 bits per heavy atom. The molecule has 1 amide bonds. The van der Waals surface area contributed by atoms with E-state index in [9.17, 15) is 13.2 Å².